The van der Waals surface area contributed by atoms with Gasteiger partial charge >= 0.3 is 0 Å². The largest absolute Gasteiger partial charge is 0.334 e. The van der Waals surface area contributed by atoms with Crippen LogP contribution in [-0.2, 0) is 21.2 Å². The topological polar surface area (TPSA) is 54.5 Å². The van der Waals surface area contributed by atoms with Gasteiger partial charge in [-0.1, -0.05) is 19.9 Å². The van der Waals surface area contributed by atoms with Crippen molar-refractivity contribution in [1.82, 2.24) is 4.90 Å². The Morgan fingerprint density at radius 1 is 1.50 bits per heavy atom. The van der Waals surface area contributed by atoms with Gasteiger partial charge in [0.1, 0.15) is 0 Å². The Balaban J connectivity index is 2.13. The number of hydrogen-bond donors (Lipinski definition) is 0. The van der Waals surface area contributed by atoms with Gasteiger partial charge in [0.2, 0.25) is 5.91 Å². The third kappa shape index (κ3) is 4.06. The molecule has 1 aromatic heterocycles. The molecule has 6 heteroatoms. The highest BCUT2D eigenvalue weighted by molar-refractivity contribution is 7.91. The Bertz CT molecular complexity index is 549. The van der Waals surface area contributed by atoms with Crippen molar-refractivity contribution in [3.63, 3.8) is 0 Å². The zero-order valence-electron chi connectivity index (χ0n) is 11.9. The SMILES string of the molecule is CC(C)CC(=O)N(Cc1cccs1)[C@H]1CCS(=O)(=O)C1. The summed E-state index contributed by atoms with van der Waals surface area (Å²) >= 11 is 1.60. The zero-order valence-corrected chi connectivity index (χ0v) is 13.5. The lowest BCUT2D eigenvalue weighted by atomic mass is 10.1. The van der Waals surface area contributed by atoms with Crippen molar-refractivity contribution in [3.05, 3.63) is 22.4 Å². The van der Waals surface area contributed by atoms with Gasteiger partial charge in [-0.15, -0.1) is 11.3 Å². The summed E-state index contributed by atoms with van der Waals surface area (Å²) in [4.78, 5) is 15.3. The molecule has 2 heterocycles. The molecule has 2 rings (SSSR count). The van der Waals surface area contributed by atoms with Gasteiger partial charge in [-0.25, -0.2) is 8.42 Å². The molecule has 0 aliphatic carbocycles. The molecule has 1 atom stereocenters. The number of sulfone groups is 1. The standard InChI is InChI=1S/C14H21NO3S2/c1-11(2)8-14(16)15(9-13-4-3-6-19-13)12-5-7-20(17,18)10-12/h3-4,6,11-12H,5,7-10H2,1-2H3/t12-/m0/s1. The summed E-state index contributed by atoms with van der Waals surface area (Å²) in [5, 5.41) is 1.98. The molecule has 0 N–H and O–H groups in total. The van der Waals surface area contributed by atoms with Crippen LogP contribution in [0, 0.1) is 5.92 Å². The van der Waals surface area contributed by atoms with Crippen LogP contribution in [0.2, 0.25) is 0 Å². The minimum absolute atomic E-state index is 0.0653. The second-order valence-electron chi connectivity index (χ2n) is 5.76. The molecule has 20 heavy (non-hydrogen) atoms. The molecule has 0 bridgehead atoms. The summed E-state index contributed by atoms with van der Waals surface area (Å²) in [6.07, 6.45) is 1.04. The van der Waals surface area contributed by atoms with E-state index in [0.717, 1.165) is 4.88 Å². The molecule has 0 radical (unpaired) electrons. The average molecular weight is 315 g/mol. The molecule has 4 nitrogen and oxygen atoms in total. The van der Waals surface area contributed by atoms with Gasteiger partial charge in [0.25, 0.3) is 0 Å². The van der Waals surface area contributed by atoms with E-state index in [0.29, 0.717) is 19.4 Å². The molecule has 0 spiro atoms. The maximum absolute atomic E-state index is 12.4. The van der Waals surface area contributed by atoms with E-state index < -0.39 is 9.84 Å². The summed E-state index contributed by atoms with van der Waals surface area (Å²) in [5.74, 6) is 0.664. The number of carbonyl (C=O) groups is 1. The van der Waals surface area contributed by atoms with Crippen molar-refractivity contribution < 1.29 is 13.2 Å². The fourth-order valence-electron chi connectivity index (χ4n) is 2.48. The van der Waals surface area contributed by atoms with Gasteiger partial charge in [0.15, 0.2) is 9.84 Å². The van der Waals surface area contributed by atoms with E-state index in [1.54, 1.807) is 16.2 Å². The number of carbonyl (C=O) groups excluding carboxylic acids is 1. The minimum Gasteiger partial charge on any atom is -0.334 e. The second-order valence-corrected chi connectivity index (χ2v) is 9.02. The first-order chi connectivity index (χ1) is 9.37. The smallest absolute Gasteiger partial charge is 0.223 e. The molecule has 0 saturated carbocycles. The van der Waals surface area contributed by atoms with E-state index in [9.17, 15) is 13.2 Å². The maximum atomic E-state index is 12.4. The number of hydrogen-bond acceptors (Lipinski definition) is 4. The summed E-state index contributed by atoms with van der Waals surface area (Å²) in [6.45, 7) is 4.54. The number of thiophene rings is 1. The molecule has 1 aliphatic rings. The summed E-state index contributed by atoms with van der Waals surface area (Å²) < 4.78 is 23.3. The van der Waals surface area contributed by atoms with Crippen LogP contribution in [0.5, 0.6) is 0 Å². The second kappa shape index (κ2) is 6.26. The van der Waals surface area contributed by atoms with Gasteiger partial charge in [-0.05, 0) is 23.8 Å². The van der Waals surface area contributed by atoms with Gasteiger partial charge in [0.05, 0.1) is 18.1 Å². The van der Waals surface area contributed by atoms with Crippen LogP contribution in [0.15, 0.2) is 17.5 Å². The quantitative estimate of drug-likeness (QED) is 0.838. The van der Waals surface area contributed by atoms with Crippen molar-refractivity contribution in [2.24, 2.45) is 5.92 Å². The number of rotatable bonds is 5. The fourth-order valence-corrected chi connectivity index (χ4v) is 4.91. The van der Waals surface area contributed by atoms with Crippen molar-refractivity contribution in [2.45, 2.75) is 39.3 Å². The molecule has 0 unspecified atom stereocenters. The van der Waals surface area contributed by atoms with E-state index in [-0.39, 0.29) is 29.4 Å². The van der Waals surface area contributed by atoms with Crippen LogP contribution in [0.25, 0.3) is 0 Å². The Kier molecular flexibility index (Phi) is 4.86. The lowest BCUT2D eigenvalue weighted by Crippen LogP contribution is -2.40. The Labute approximate surface area is 124 Å². The highest BCUT2D eigenvalue weighted by atomic mass is 32.2. The maximum Gasteiger partial charge on any atom is 0.223 e. The molecule has 1 fully saturated rings. The monoisotopic (exact) mass is 315 g/mol. The molecule has 1 saturated heterocycles. The van der Waals surface area contributed by atoms with Crippen LogP contribution in [0.1, 0.15) is 31.6 Å². The zero-order chi connectivity index (χ0) is 14.8. The molecule has 1 amide bonds. The summed E-state index contributed by atoms with van der Waals surface area (Å²) in [6, 6.07) is 3.79. The Morgan fingerprint density at radius 2 is 2.25 bits per heavy atom. The van der Waals surface area contributed by atoms with Crippen LogP contribution in [0.3, 0.4) is 0 Å². The van der Waals surface area contributed by atoms with Crippen LogP contribution in [0.4, 0.5) is 0 Å². The molecule has 1 aliphatic heterocycles. The normalized spacial score (nSPS) is 21.2. The molecule has 1 aromatic rings. The van der Waals surface area contributed by atoms with Gasteiger partial charge in [-0.3, -0.25) is 4.79 Å². The highest BCUT2D eigenvalue weighted by Gasteiger charge is 2.34. The first kappa shape index (κ1) is 15.5. The fraction of sp³-hybridized carbons (Fsp3) is 0.643. The van der Waals surface area contributed by atoms with E-state index in [1.807, 2.05) is 31.4 Å². The van der Waals surface area contributed by atoms with Gasteiger partial charge in [-0.2, -0.15) is 0 Å². The predicted octanol–water partition coefficient (Wildman–Crippen LogP) is 2.31. The first-order valence-electron chi connectivity index (χ1n) is 6.89. The van der Waals surface area contributed by atoms with Gasteiger partial charge in [0, 0.05) is 17.3 Å². The predicted molar refractivity (Wildman–Crippen MR) is 81.4 cm³/mol. The van der Waals surface area contributed by atoms with Crippen molar-refractivity contribution >= 4 is 27.1 Å². The third-order valence-corrected chi connectivity index (χ3v) is 6.07. The lowest BCUT2D eigenvalue weighted by Gasteiger charge is -2.28. The van der Waals surface area contributed by atoms with E-state index >= 15 is 0 Å². The van der Waals surface area contributed by atoms with E-state index in [1.165, 1.54) is 0 Å². The van der Waals surface area contributed by atoms with Crippen molar-refractivity contribution in [3.8, 4) is 0 Å². The average Bonchev–Trinajstić information content (AvgIpc) is 2.94. The molecular weight excluding hydrogens is 294 g/mol. The lowest BCUT2D eigenvalue weighted by molar-refractivity contribution is -0.134. The summed E-state index contributed by atoms with van der Waals surface area (Å²) in [7, 11) is -2.97. The molecule has 0 aromatic carbocycles. The number of amides is 1. The Morgan fingerprint density at radius 3 is 2.75 bits per heavy atom. The third-order valence-electron chi connectivity index (χ3n) is 3.46. The van der Waals surface area contributed by atoms with Crippen LogP contribution >= 0.6 is 11.3 Å². The van der Waals surface area contributed by atoms with E-state index in [4.69, 9.17) is 0 Å². The minimum atomic E-state index is -2.97. The van der Waals surface area contributed by atoms with Crippen molar-refractivity contribution in [2.75, 3.05) is 11.5 Å². The number of nitrogens with zero attached hydrogens (tertiary/aromatic N) is 1. The Hall–Kier alpha value is -0.880. The highest BCUT2D eigenvalue weighted by Crippen LogP contribution is 2.23. The molecule has 112 valence electrons. The van der Waals surface area contributed by atoms with Gasteiger partial charge < -0.3 is 4.90 Å². The first-order valence-corrected chi connectivity index (χ1v) is 9.60. The van der Waals surface area contributed by atoms with E-state index in [2.05, 4.69) is 0 Å². The van der Waals surface area contributed by atoms with Crippen LogP contribution < -0.4 is 0 Å². The summed E-state index contributed by atoms with van der Waals surface area (Å²) in [5.41, 5.74) is 0. The molecular formula is C14H21NO3S2. The van der Waals surface area contributed by atoms with Crippen molar-refractivity contribution in [1.29, 1.82) is 0 Å². The van der Waals surface area contributed by atoms with Crippen LogP contribution in [-0.4, -0.2) is 36.8 Å².